The van der Waals surface area contributed by atoms with E-state index in [2.05, 4.69) is 4.98 Å². The molecule has 0 atom stereocenters. The summed E-state index contributed by atoms with van der Waals surface area (Å²) in [5, 5.41) is 8.61. The van der Waals surface area contributed by atoms with Crippen molar-refractivity contribution in [3.63, 3.8) is 0 Å². The molecule has 0 radical (unpaired) electrons. The molecule has 0 unspecified atom stereocenters. The predicted molar refractivity (Wildman–Crippen MR) is 110 cm³/mol. The lowest BCUT2D eigenvalue weighted by Gasteiger charge is -2.08. The minimum Gasteiger partial charge on any atom is -0.493 e. The van der Waals surface area contributed by atoms with Gasteiger partial charge in [0.1, 0.15) is 24.1 Å². The quantitative estimate of drug-likeness (QED) is 0.408. The maximum Gasteiger partial charge on any atom is 0.331 e. The monoisotopic (exact) mass is 404 g/mol. The van der Waals surface area contributed by atoms with E-state index in [1.54, 1.807) is 31.2 Å². The molecule has 0 saturated heterocycles. The van der Waals surface area contributed by atoms with Crippen molar-refractivity contribution in [3.8, 4) is 29.0 Å². The zero-order valence-electron chi connectivity index (χ0n) is 16.6. The van der Waals surface area contributed by atoms with Crippen LogP contribution in [-0.4, -0.2) is 24.7 Å². The van der Waals surface area contributed by atoms with E-state index < -0.39 is 5.97 Å². The highest BCUT2D eigenvalue weighted by atomic mass is 16.5. The van der Waals surface area contributed by atoms with Gasteiger partial charge < -0.3 is 18.6 Å². The van der Waals surface area contributed by atoms with Crippen LogP contribution in [0.1, 0.15) is 17.0 Å². The van der Waals surface area contributed by atoms with Crippen molar-refractivity contribution in [3.05, 3.63) is 71.6 Å². The molecule has 0 fully saturated rings. The SMILES string of the molecule is COc1cc(/C=C/C(=O)OCc2nc(-c3ccccc3)oc2C)ccc1OCC#N. The van der Waals surface area contributed by atoms with Gasteiger partial charge in [0.2, 0.25) is 5.89 Å². The Morgan fingerprint density at radius 2 is 2.00 bits per heavy atom. The van der Waals surface area contributed by atoms with Crippen LogP contribution in [0.2, 0.25) is 0 Å². The maximum atomic E-state index is 12.1. The molecule has 1 aromatic heterocycles. The van der Waals surface area contributed by atoms with Crippen molar-refractivity contribution >= 4 is 12.0 Å². The van der Waals surface area contributed by atoms with Crippen LogP contribution >= 0.6 is 0 Å². The van der Waals surface area contributed by atoms with Crippen molar-refractivity contribution in [1.29, 1.82) is 5.26 Å². The Morgan fingerprint density at radius 3 is 2.73 bits per heavy atom. The number of carbonyl (C=O) groups is 1. The van der Waals surface area contributed by atoms with E-state index >= 15 is 0 Å². The van der Waals surface area contributed by atoms with Crippen LogP contribution in [-0.2, 0) is 16.1 Å². The van der Waals surface area contributed by atoms with E-state index in [4.69, 9.17) is 23.9 Å². The number of nitriles is 1. The van der Waals surface area contributed by atoms with Gasteiger partial charge in [0.15, 0.2) is 18.1 Å². The van der Waals surface area contributed by atoms with Crippen molar-refractivity contribution in [2.75, 3.05) is 13.7 Å². The summed E-state index contributed by atoms with van der Waals surface area (Å²) in [5.41, 5.74) is 2.14. The first-order valence-electron chi connectivity index (χ1n) is 9.15. The molecule has 0 aliphatic rings. The summed E-state index contributed by atoms with van der Waals surface area (Å²) in [6.07, 6.45) is 2.92. The number of ether oxygens (including phenoxy) is 3. The summed E-state index contributed by atoms with van der Waals surface area (Å²) in [4.78, 5) is 16.5. The summed E-state index contributed by atoms with van der Waals surface area (Å²) in [7, 11) is 1.50. The first kappa shape index (κ1) is 20.7. The fourth-order valence-electron chi connectivity index (χ4n) is 2.64. The molecule has 7 nitrogen and oxygen atoms in total. The normalized spacial score (nSPS) is 10.6. The van der Waals surface area contributed by atoms with Gasteiger partial charge in [-0.25, -0.2) is 9.78 Å². The van der Waals surface area contributed by atoms with Gasteiger partial charge >= 0.3 is 5.97 Å². The van der Waals surface area contributed by atoms with Crippen LogP contribution in [0.3, 0.4) is 0 Å². The molecule has 0 spiro atoms. The van der Waals surface area contributed by atoms with Crippen molar-refractivity contribution < 1.29 is 23.4 Å². The second kappa shape index (κ2) is 9.94. The summed E-state index contributed by atoms with van der Waals surface area (Å²) < 4.78 is 21.5. The van der Waals surface area contributed by atoms with Crippen LogP contribution in [0.15, 0.2) is 59.0 Å². The molecule has 0 aliphatic heterocycles. The minimum atomic E-state index is -0.512. The number of nitrogens with zero attached hydrogens (tertiary/aromatic N) is 2. The molecule has 0 bridgehead atoms. The zero-order valence-corrected chi connectivity index (χ0v) is 16.6. The summed E-state index contributed by atoms with van der Waals surface area (Å²) in [6, 6.07) is 16.5. The molecule has 3 rings (SSSR count). The number of aryl methyl sites for hydroxylation is 1. The maximum absolute atomic E-state index is 12.1. The standard InChI is InChI=1S/C23H20N2O5/c1-16-19(25-23(30-16)18-6-4-3-5-7-18)15-29-22(26)11-9-17-8-10-20(28-13-12-24)21(14-17)27-2/h3-11,14H,13,15H2,1-2H3/b11-9+. The first-order valence-corrected chi connectivity index (χ1v) is 9.15. The molecule has 152 valence electrons. The third-order valence-corrected chi connectivity index (χ3v) is 4.16. The van der Waals surface area contributed by atoms with Crippen LogP contribution in [0, 0.1) is 18.3 Å². The molecule has 30 heavy (non-hydrogen) atoms. The van der Waals surface area contributed by atoms with E-state index in [0.29, 0.717) is 28.8 Å². The summed E-state index contributed by atoms with van der Waals surface area (Å²) >= 11 is 0. The van der Waals surface area contributed by atoms with Gasteiger partial charge in [-0.05, 0) is 42.8 Å². The van der Waals surface area contributed by atoms with Gasteiger partial charge in [0.25, 0.3) is 0 Å². The van der Waals surface area contributed by atoms with Gasteiger partial charge in [-0.3, -0.25) is 0 Å². The molecule has 7 heteroatoms. The van der Waals surface area contributed by atoms with Crippen LogP contribution in [0.5, 0.6) is 11.5 Å². The molecule has 0 aliphatic carbocycles. The lowest BCUT2D eigenvalue weighted by atomic mass is 10.2. The lowest BCUT2D eigenvalue weighted by molar-refractivity contribution is -0.139. The Labute approximate surface area is 174 Å². The highest BCUT2D eigenvalue weighted by molar-refractivity contribution is 5.87. The van der Waals surface area contributed by atoms with E-state index in [9.17, 15) is 4.79 Å². The number of esters is 1. The molecule has 3 aromatic rings. The number of carbonyl (C=O) groups excluding carboxylic acids is 1. The van der Waals surface area contributed by atoms with E-state index in [1.807, 2.05) is 36.4 Å². The topological polar surface area (TPSA) is 94.6 Å². The Bertz CT molecular complexity index is 1080. The second-order valence-electron chi connectivity index (χ2n) is 6.19. The molecular formula is C23H20N2O5. The highest BCUT2D eigenvalue weighted by Crippen LogP contribution is 2.28. The number of aromatic nitrogens is 1. The van der Waals surface area contributed by atoms with Gasteiger partial charge in [-0.2, -0.15) is 5.26 Å². The minimum absolute atomic E-state index is 0.00952. The van der Waals surface area contributed by atoms with Crippen molar-refractivity contribution in [2.45, 2.75) is 13.5 Å². The van der Waals surface area contributed by atoms with Gasteiger partial charge in [-0.1, -0.05) is 24.3 Å². The lowest BCUT2D eigenvalue weighted by Crippen LogP contribution is -2.02. The Hall–Kier alpha value is -4.05. The molecule has 0 amide bonds. The molecular weight excluding hydrogens is 384 g/mol. The zero-order chi connectivity index (χ0) is 21.3. The predicted octanol–water partition coefficient (Wildman–Crippen LogP) is 4.32. The smallest absolute Gasteiger partial charge is 0.331 e. The number of hydrogen-bond acceptors (Lipinski definition) is 7. The number of hydrogen-bond donors (Lipinski definition) is 0. The molecule has 0 saturated carbocycles. The number of oxazole rings is 1. The molecule has 0 N–H and O–H groups in total. The number of benzene rings is 2. The first-order chi connectivity index (χ1) is 14.6. The van der Waals surface area contributed by atoms with Crippen molar-refractivity contribution in [2.24, 2.45) is 0 Å². The summed E-state index contributed by atoms with van der Waals surface area (Å²) in [5.74, 6) is 1.49. The Morgan fingerprint density at radius 1 is 1.20 bits per heavy atom. The van der Waals surface area contributed by atoms with Gasteiger partial charge in [0, 0.05) is 11.6 Å². The number of methoxy groups -OCH3 is 1. The third kappa shape index (κ3) is 5.26. The van der Waals surface area contributed by atoms with Crippen molar-refractivity contribution in [1.82, 2.24) is 4.98 Å². The Kier molecular flexibility index (Phi) is 6.85. The average molecular weight is 404 g/mol. The van der Waals surface area contributed by atoms with Gasteiger partial charge in [-0.15, -0.1) is 0 Å². The van der Waals surface area contributed by atoms with Crippen LogP contribution < -0.4 is 9.47 Å². The second-order valence-corrected chi connectivity index (χ2v) is 6.19. The fourth-order valence-corrected chi connectivity index (χ4v) is 2.64. The number of rotatable bonds is 8. The Balaban J connectivity index is 1.60. The largest absolute Gasteiger partial charge is 0.493 e. The third-order valence-electron chi connectivity index (χ3n) is 4.16. The highest BCUT2D eigenvalue weighted by Gasteiger charge is 2.12. The van der Waals surface area contributed by atoms with E-state index in [0.717, 1.165) is 11.1 Å². The molecule has 1 heterocycles. The summed E-state index contributed by atoms with van der Waals surface area (Å²) in [6.45, 7) is 1.71. The van der Waals surface area contributed by atoms with E-state index in [-0.39, 0.29) is 13.2 Å². The van der Waals surface area contributed by atoms with E-state index in [1.165, 1.54) is 13.2 Å². The fraction of sp³-hybridized carbons (Fsp3) is 0.174. The molecule has 2 aromatic carbocycles. The van der Waals surface area contributed by atoms with Gasteiger partial charge in [0.05, 0.1) is 7.11 Å². The van der Waals surface area contributed by atoms with Crippen LogP contribution in [0.4, 0.5) is 0 Å². The average Bonchev–Trinajstić information content (AvgIpc) is 3.16. The van der Waals surface area contributed by atoms with Crippen LogP contribution in [0.25, 0.3) is 17.5 Å².